The molecule has 1 aliphatic heterocycles. The highest BCUT2D eigenvalue weighted by Gasteiger charge is 2.36. The molecule has 2 aromatic carbocycles. The van der Waals surface area contributed by atoms with Crippen molar-refractivity contribution in [3.63, 3.8) is 0 Å². The van der Waals surface area contributed by atoms with Crippen LogP contribution in [0.15, 0.2) is 60.0 Å². The van der Waals surface area contributed by atoms with Gasteiger partial charge in [-0.3, -0.25) is 9.59 Å². The van der Waals surface area contributed by atoms with Crippen molar-refractivity contribution in [3.8, 4) is 5.75 Å². The lowest BCUT2D eigenvalue weighted by molar-refractivity contribution is -0.136. The number of rotatable bonds is 6. The van der Waals surface area contributed by atoms with Crippen molar-refractivity contribution < 1.29 is 18.7 Å². The largest absolute Gasteiger partial charge is 0.491 e. The molecule has 0 saturated carbocycles. The van der Waals surface area contributed by atoms with Gasteiger partial charge in [-0.15, -0.1) is 11.3 Å². The van der Waals surface area contributed by atoms with E-state index in [1.165, 1.54) is 17.0 Å². The maximum Gasteiger partial charge on any atom is 0.256 e. The zero-order valence-electron chi connectivity index (χ0n) is 20.0. The molecule has 1 atom stereocenters. The molecule has 1 unspecified atom stereocenters. The first-order valence-electron chi connectivity index (χ1n) is 11.5. The van der Waals surface area contributed by atoms with Crippen LogP contribution in [0.1, 0.15) is 47.6 Å². The third-order valence-corrected chi connectivity index (χ3v) is 7.42. The Balaban J connectivity index is 1.57. The van der Waals surface area contributed by atoms with Crippen LogP contribution in [-0.4, -0.2) is 46.8 Å². The van der Waals surface area contributed by atoms with Gasteiger partial charge in [-0.25, -0.2) is 4.39 Å². The van der Waals surface area contributed by atoms with Crippen molar-refractivity contribution in [1.82, 2.24) is 9.80 Å². The predicted octanol–water partition coefficient (Wildman–Crippen LogP) is 5.99. The summed E-state index contributed by atoms with van der Waals surface area (Å²) in [6.07, 6.45) is 0.750. The van der Waals surface area contributed by atoms with E-state index >= 15 is 0 Å². The molecule has 1 aromatic heterocycles. The minimum Gasteiger partial charge on any atom is -0.491 e. The second kappa shape index (κ2) is 10.4. The summed E-state index contributed by atoms with van der Waals surface area (Å²) < 4.78 is 19.2. The average Bonchev–Trinajstić information content (AvgIpc) is 3.30. The summed E-state index contributed by atoms with van der Waals surface area (Å²) in [6.45, 7) is 6.38. The fourth-order valence-electron chi connectivity index (χ4n) is 4.20. The predicted molar refractivity (Wildman–Crippen MR) is 137 cm³/mol. The second-order valence-corrected chi connectivity index (χ2v) is 10.9. The summed E-state index contributed by atoms with van der Waals surface area (Å²) in [5.41, 5.74) is 0.818. The van der Waals surface area contributed by atoms with E-state index in [-0.39, 0.29) is 36.8 Å². The fraction of sp³-hybridized carbons (Fsp3) is 0.333. The molecule has 0 fully saturated rings. The first kappa shape index (κ1) is 25.2. The summed E-state index contributed by atoms with van der Waals surface area (Å²) in [7, 11) is 0. The highest BCUT2D eigenvalue weighted by molar-refractivity contribution is 7.10. The summed E-state index contributed by atoms with van der Waals surface area (Å²) in [5.74, 6) is -0.252. The summed E-state index contributed by atoms with van der Waals surface area (Å²) in [5, 5.41) is 2.37. The number of hydrogen-bond acceptors (Lipinski definition) is 4. The quantitative estimate of drug-likeness (QED) is 0.406. The standard InChI is InChI=1S/C27H28ClFN2O3S/c1-27(2,3)31(26(33)20-6-4-5-7-22(20)28)16-25(32)30-14-12-24-21(13-15-35-24)23(30)17-34-19-10-8-18(29)9-11-19/h4-11,13,15,23H,12,14,16-17H2,1-3H3. The van der Waals surface area contributed by atoms with Crippen LogP contribution in [0.4, 0.5) is 4.39 Å². The molecular formula is C27H28ClFN2O3S. The van der Waals surface area contributed by atoms with Crippen LogP contribution in [-0.2, 0) is 11.2 Å². The van der Waals surface area contributed by atoms with Gasteiger partial charge in [0.15, 0.2) is 0 Å². The zero-order chi connectivity index (χ0) is 25.2. The molecule has 0 saturated heterocycles. The van der Waals surface area contributed by atoms with Crippen LogP contribution in [0.3, 0.4) is 0 Å². The molecule has 0 bridgehead atoms. The third-order valence-electron chi connectivity index (χ3n) is 6.09. The van der Waals surface area contributed by atoms with Crippen molar-refractivity contribution in [3.05, 3.63) is 86.8 Å². The van der Waals surface area contributed by atoms with E-state index in [1.807, 2.05) is 32.2 Å². The van der Waals surface area contributed by atoms with E-state index in [0.29, 0.717) is 22.9 Å². The monoisotopic (exact) mass is 514 g/mol. The third kappa shape index (κ3) is 5.68. The Hall–Kier alpha value is -2.90. The molecule has 2 heterocycles. The Morgan fingerprint density at radius 3 is 2.54 bits per heavy atom. The number of thiophene rings is 1. The lowest BCUT2D eigenvalue weighted by atomic mass is 9.99. The first-order valence-corrected chi connectivity index (χ1v) is 12.7. The van der Waals surface area contributed by atoms with E-state index < -0.39 is 5.54 Å². The van der Waals surface area contributed by atoms with Crippen molar-refractivity contribution in [2.45, 2.75) is 38.8 Å². The Bertz CT molecular complexity index is 1210. The molecule has 0 spiro atoms. The number of carbonyl (C=O) groups excluding carboxylic acids is 2. The molecule has 1 aliphatic rings. The molecule has 3 aromatic rings. The number of nitrogens with zero attached hydrogens (tertiary/aromatic N) is 2. The van der Waals surface area contributed by atoms with Gasteiger partial charge in [-0.1, -0.05) is 23.7 Å². The maximum absolute atomic E-state index is 13.7. The van der Waals surface area contributed by atoms with Crippen LogP contribution < -0.4 is 4.74 Å². The molecule has 4 rings (SSSR count). The maximum atomic E-state index is 13.7. The van der Waals surface area contributed by atoms with Crippen LogP contribution in [0.25, 0.3) is 0 Å². The van der Waals surface area contributed by atoms with Gasteiger partial charge in [0.2, 0.25) is 5.91 Å². The molecule has 8 heteroatoms. The van der Waals surface area contributed by atoms with Crippen LogP contribution >= 0.6 is 22.9 Å². The van der Waals surface area contributed by atoms with Crippen molar-refractivity contribution in [2.24, 2.45) is 0 Å². The molecule has 2 amide bonds. The number of halogens is 2. The van der Waals surface area contributed by atoms with Crippen LogP contribution in [0, 0.1) is 5.82 Å². The Morgan fingerprint density at radius 1 is 1.14 bits per heavy atom. The van der Waals surface area contributed by atoms with Crippen LogP contribution in [0.2, 0.25) is 5.02 Å². The van der Waals surface area contributed by atoms with Gasteiger partial charge in [0, 0.05) is 17.0 Å². The van der Waals surface area contributed by atoms with E-state index in [9.17, 15) is 14.0 Å². The topological polar surface area (TPSA) is 49.9 Å². The normalized spacial score (nSPS) is 15.5. The molecule has 0 radical (unpaired) electrons. The van der Waals surface area contributed by atoms with E-state index in [0.717, 1.165) is 12.0 Å². The van der Waals surface area contributed by atoms with Gasteiger partial charge < -0.3 is 14.5 Å². The lowest BCUT2D eigenvalue weighted by Crippen LogP contribution is -2.53. The van der Waals surface area contributed by atoms with Crippen molar-refractivity contribution >= 4 is 34.8 Å². The number of ether oxygens (including phenoxy) is 1. The number of carbonyl (C=O) groups is 2. The number of fused-ring (bicyclic) bond motifs is 1. The van der Waals surface area contributed by atoms with Gasteiger partial charge in [-0.2, -0.15) is 0 Å². The number of hydrogen-bond donors (Lipinski definition) is 0. The van der Waals surface area contributed by atoms with Gasteiger partial charge in [0.1, 0.15) is 24.7 Å². The van der Waals surface area contributed by atoms with Crippen molar-refractivity contribution in [1.29, 1.82) is 0 Å². The summed E-state index contributed by atoms with van der Waals surface area (Å²) >= 11 is 7.96. The highest BCUT2D eigenvalue weighted by Crippen LogP contribution is 2.34. The Morgan fingerprint density at radius 2 is 1.86 bits per heavy atom. The fourth-order valence-corrected chi connectivity index (χ4v) is 5.35. The molecule has 35 heavy (non-hydrogen) atoms. The van der Waals surface area contributed by atoms with E-state index in [2.05, 4.69) is 0 Å². The molecule has 5 nitrogen and oxygen atoms in total. The first-order chi connectivity index (χ1) is 16.6. The molecule has 184 valence electrons. The number of benzene rings is 2. The van der Waals surface area contributed by atoms with Gasteiger partial charge in [-0.05, 0) is 80.6 Å². The molecule has 0 N–H and O–H groups in total. The Labute approximate surface area is 214 Å². The van der Waals surface area contributed by atoms with E-state index in [1.54, 1.807) is 57.5 Å². The summed E-state index contributed by atoms with van der Waals surface area (Å²) in [6, 6.07) is 14.4. The van der Waals surface area contributed by atoms with Crippen LogP contribution in [0.5, 0.6) is 5.75 Å². The van der Waals surface area contributed by atoms with Crippen molar-refractivity contribution in [2.75, 3.05) is 19.7 Å². The van der Waals surface area contributed by atoms with Gasteiger partial charge >= 0.3 is 0 Å². The average molecular weight is 515 g/mol. The minimum absolute atomic E-state index is 0.0833. The van der Waals surface area contributed by atoms with Gasteiger partial charge in [0.05, 0.1) is 16.6 Å². The molecular weight excluding hydrogens is 487 g/mol. The SMILES string of the molecule is CC(C)(C)N(CC(=O)N1CCc2sccc2C1COc1ccc(F)cc1)C(=O)c1ccccc1Cl. The lowest BCUT2D eigenvalue weighted by Gasteiger charge is -2.40. The second-order valence-electron chi connectivity index (χ2n) is 9.46. The number of amides is 2. The summed E-state index contributed by atoms with van der Waals surface area (Å²) in [4.78, 5) is 31.7. The zero-order valence-corrected chi connectivity index (χ0v) is 21.5. The smallest absolute Gasteiger partial charge is 0.256 e. The minimum atomic E-state index is -0.602. The van der Waals surface area contributed by atoms with E-state index in [4.69, 9.17) is 16.3 Å². The van der Waals surface area contributed by atoms with Gasteiger partial charge in [0.25, 0.3) is 5.91 Å². The Kier molecular flexibility index (Phi) is 7.47. The highest BCUT2D eigenvalue weighted by atomic mass is 35.5. The molecule has 0 aliphatic carbocycles.